The minimum atomic E-state index is -1.09. The molecule has 1 aliphatic carbocycles. The van der Waals surface area contributed by atoms with Crippen LogP contribution >= 0.6 is 0 Å². The average molecular weight is 329 g/mol. The van der Waals surface area contributed by atoms with Crippen molar-refractivity contribution in [2.75, 3.05) is 11.9 Å². The molecule has 1 fully saturated rings. The smallest absolute Gasteiger partial charge is 0.550 e. The van der Waals surface area contributed by atoms with Gasteiger partial charge in [0, 0.05) is 23.5 Å². The fraction of sp³-hybridized carbons (Fsp3) is 0.500. The van der Waals surface area contributed by atoms with E-state index in [4.69, 9.17) is 4.74 Å². The zero-order chi connectivity index (χ0) is 16.3. The van der Waals surface area contributed by atoms with Crippen molar-refractivity contribution < 1.29 is 54.1 Å². The van der Waals surface area contributed by atoms with Crippen molar-refractivity contribution in [2.45, 2.75) is 32.3 Å². The Morgan fingerprint density at radius 2 is 1.83 bits per heavy atom. The quantitative estimate of drug-likeness (QED) is 0.565. The average Bonchev–Trinajstić information content (AvgIpc) is 2.34. The van der Waals surface area contributed by atoms with E-state index in [1.54, 1.807) is 38.1 Å². The van der Waals surface area contributed by atoms with Gasteiger partial charge in [0.05, 0.1) is 5.60 Å². The van der Waals surface area contributed by atoms with Gasteiger partial charge in [-0.15, -0.1) is 0 Å². The van der Waals surface area contributed by atoms with Gasteiger partial charge in [-0.1, -0.05) is 0 Å². The number of aliphatic carboxylic acids is 1. The molecule has 120 valence electrons. The van der Waals surface area contributed by atoms with Crippen molar-refractivity contribution >= 4 is 17.6 Å². The van der Waals surface area contributed by atoms with Crippen LogP contribution in [0.4, 0.5) is 5.69 Å². The molecule has 0 unspecified atom stereocenters. The van der Waals surface area contributed by atoms with E-state index in [9.17, 15) is 19.8 Å². The number of nitrogens with one attached hydrogen (secondary N) is 1. The van der Waals surface area contributed by atoms with Crippen LogP contribution in [0.25, 0.3) is 0 Å². The Morgan fingerprint density at radius 3 is 2.30 bits per heavy atom. The molecule has 0 spiro atoms. The van der Waals surface area contributed by atoms with Crippen molar-refractivity contribution in [3.05, 3.63) is 24.3 Å². The molecule has 1 aromatic rings. The molecule has 0 aromatic heterocycles. The fourth-order valence-electron chi connectivity index (χ4n) is 2.16. The minimum absolute atomic E-state index is 0. The molecule has 0 aliphatic heterocycles. The maximum Gasteiger partial charge on any atom is 1.00 e. The van der Waals surface area contributed by atoms with Crippen LogP contribution < -0.4 is 44.7 Å². The normalized spacial score (nSPS) is 20.0. The molecule has 1 aliphatic rings. The second-order valence-corrected chi connectivity index (χ2v) is 6.30. The molecule has 6 nitrogen and oxygen atoms in total. The molecular weight excluding hydrogens is 309 g/mol. The van der Waals surface area contributed by atoms with Gasteiger partial charge in [0.15, 0.2) is 0 Å². The largest absolute Gasteiger partial charge is 1.00 e. The number of amides is 1. The molecule has 0 saturated heterocycles. The van der Waals surface area contributed by atoms with Crippen LogP contribution in [0.2, 0.25) is 0 Å². The molecule has 7 heteroatoms. The van der Waals surface area contributed by atoms with E-state index < -0.39 is 17.5 Å². The molecule has 1 saturated carbocycles. The predicted molar refractivity (Wildman–Crippen MR) is 78.1 cm³/mol. The van der Waals surface area contributed by atoms with Crippen LogP contribution in [0.1, 0.15) is 26.7 Å². The summed E-state index contributed by atoms with van der Waals surface area (Å²) in [6.07, 6.45) is 0.669. The Hall–Kier alpha value is -1.08. The first-order chi connectivity index (χ1) is 10.2. The Bertz CT molecular complexity index is 547. The summed E-state index contributed by atoms with van der Waals surface area (Å²) < 4.78 is 5.42. The summed E-state index contributed by atoms with van der Waals surface area (Å²) in [5.74, 6) is -1.44. The van der Waals surface area contributed by atoms with E-state index >= 15 is 0 Å². The van der Waals surface area contributed by atoms with Gasteiger partial charge in [0.25, 0.3) is 0 Å². The number of carbonyl (C=O) groups is 2. The Balaban J connectivity index is 0.00000264. The number of hydrogen-bond donors (Lipinski definition) is 2. The van der Waals surface area contributed by atoms with E-state index in [2.05, 4.69) is 5.32 Å². The van der Waals surface area contributed by atoms with Crippen molar-refractivity contribution in [1.29, 1.82) is 0 Å². The van der Waals surface area contributed by atoms with Crippen molar-refractivity contribution in [1.82, 2.24) is 0 Å². The van der Waals surface area contributed by atoms with Crippen LogP contribution in [0.5, 0.6) is 5.75 Å². The monoisotopic (exact) mass is 329 g/mol. The third-order valence-electron chi connectivity index (χ3n) is 3.56. The number of carbonyl (C=O) groups excluding carboxylic acids is 2. The number of carboxylic acid groups (broad SMARTS) is 1. The summed E-state index contributed by atoms with van der Waals surface area (Å²) in [6, 6.07) is 6.80. The predicted octanol–water partition coefficient (Wildman–Crippen LogP) is -2.45. The van der Waals surface area contributed by atoms with E-state index in [0.29, 0.717) is 24.3 Å². The second kappa shape index (κ2) is 8.15. The zero-order valence-corrected chi connectivity index (χ0v) is 15.7. The van der Waals surface area contributed by atoms with Crippen LogP contribution in [-0.2, 0) is 9.59 Å². The van der Waals surface area contributed by atoms with Gasteiger partial charge in [0.2, 0.25) is 5.91 Å². The Kier molecular flexibility index (Phi) is 7.07. The summed E-state index contributed by atoms with van der Waals surface area (Å²) in [7, 11) is 0. The molecule has 2 rings (SSSR count). The standard InChI is InChI=1S/C16H21NO5.Na/c1-16(2,21)9-22-13-5-3-12(4-6-13)17-14(18)10-7-11(8-10)15(19)20;/h3-6,10-11,21H,7-9H2,1-2H3,(H,17,18)(H,19,20);/q;+1/p-1. The number of ether oxygens (including phenoxy) is 1. The summed E-state index contributed by atoms with van der Waals surface area (Å²) in [5, 5.41) is 22.9. The molecule has 0 atom stereocenters. The zero-order valence-electron chi connectivity index (χ0n) is 13.7. The van der Waals surface area contributed by atoms with E-state index in [1.165, 1.54) is 0 Å². The van der Waals surface area contributed by atoms with Gasteiger partial charge < -0.3 is 25.1 Å². The first-order valence-electron chi connectivity index (χ1n) is 7.21. The number of aliphatic hydroxyl groups is 1. The molecule has 2 N–H and O–H groups in total. The van der Waals surface area contributed by atoms with Crippen LogP contribution in [-0.4, -0.2) is 29.2 Å². The molecule has 0 bridgehead atoms. The van der Waals surface area contributed by atoms with Gasteiger partial charge in [-0.3, -0.25) is 4.79 Å². The summed E-state index contributed by atoms with van der Waals surface area (Å²) in [6.45, 7) is 3.48. The number of carboxylic acids is 1. The Morgan fingerprint density at radius 1 is 1.26 bits per heavy atom. The van der Waals surface area contributed by atoms with Crippen molar-refractivity contribution in [3.63, 3.8) is 0 Å². The van der Waals surface area contributed by atoms with Crippen LogP contribution in [0.15, 0.2) is 24.3 Å². The maximum absolute atomic E-state index is 11.9. The van der Waals surface area contributed by atoms with Gasteiger partial charge in [-0.2, -0.15) is 0 Å². The van der Waals surface area contributed by atoms with Crippen molar-refractivity contribution in [3.8, 4) is 5.75 Å². The number of hydrogen-bond acceptors (Lipinski definition) is 5. The molecule has 0 heterocycles. The number of benzene rings is 1. The van der Waals surface area contributed by atoms with Crippen LogP contribution in [0.3, 0.4) is 0 Å². The summed E-state index contributed by atoms with van der Waals surface area (Å²) in [5.41, 5.74) is -0.287. The van der Waals surface area contributed by atoms with E-state index in [0.717, 1.165) is 0 Å². The fourth-order valence-corrected chi connectivity index (χ4v) is 2.16. The molecule has 23 heavy (non-hydrogen) atoms. The summed E-state index contributed by atoms with van der Waals surface area (Å²) in [4.78, 5) is 22.5. The third kappa shape index (κ3) is 6.14. The number of rotatable bonds is 6. The summed E-state index contributed by atoms with van der Waals surface area (Å²) >= 11 is 0. The van der Waals surface area contributed by atoms with Gasteiger partial charge in [-0.25, -0.2) is 0 Å². The van der Waals surface area contributed by atoms with Crippen molar-refractivity contribution in [2.24, 2.45) is 11.8 Å². The first-order valence-corrected chi connectivity index (χ1v) is 7.21. The van der Waals surface area contributed by atoms with Gasteiger partial charge in [-0.05, 0) is 51.0 Å². The van der Waals surface area contributed by atoms with Crippen LogP contribution in [0, 0.1) is 11.8 Å². The maximum atomic E-state index is 11.9. The number of anilines is 1. The molecule has 1 aromatic carbocycles. The van der Waals surface area contributed by atoms with Gasteiger partial charge in [0.1, 0.15) is 12.4 Å². The van der Waals surface area contributed by atoms with E-state index in [-0.39, 0.29) is 48.0 Å². The molecule has 1 amide bonds. The third-order valence-corrected chi connectivity index (χ3v) is 3.56. The Labute approximate surface area is 157 Å². The minimum Gasteiger partial charge on any atom is -0.550 e. The molecular formula is C16H20NNaO5. The first kappa shape index (κ1) is 20.0. The topological polar surface area (TPSA) is 98.7 Å². The van der Waals surface area contributed by atoms with Gasteiger partial charge >= 0.3 is 29.6 Å². The SMILES string of the molecule is CC(C)(O)COc1ccc(NC(=O)C2CC(C(=O)[O-])C2)cc1.[Na+]. The van der Waals surface area contributed by atoms with E-state index in [1.807, 2.05) is 0 Å². The second-order valence-electron chi connectivity index (χ2n) is 6.30. The molecule has 0 radical (unpaired) electrons.